The zero-order valence-electron chi connectivity index (χ0n) is 14.3. The van der Waals surface area contributed by atoms with Crippen molar-refractivity contribution in [3.63, 3.8) is 0 Å². The maximum Gasteiger partial charge on any atom is 0.401 e. The Balaban J connectivity index is 0.00000529. The van der Waals surface area contributed by atoms with E-state index in [1.165, 1.54) is 16.8 Å². The fourth-order valence-electron chi connectivity index (χ4n) is 2.16. The van der Waals surface area contributed by atoms with Crippen LogP contribution in [0.25, 0.3) is 0 Å². The van der Waals surface area contributed by atoms with Gasteiger partial charge in [0.1, 0.15) is 0 Å². The molecule has 0 saturated carbocycles. The first-order valence-electron chi connectivity index (χ1n) is 7.51. The van der Waals surface area contributed by atoms with Gasteiger partial charge in [-0.15, -0.1) is 35.3 Å². The number of hydrogen-bond donors (Lipinski definition) is 1. The van der Waals surface area contributed by atoms with E-state index in [4.69, 9.17) is 0 Å². The van der Waals surface area contributed by atoms with E-state index >= 15 is 0 Å². The molecule has 0 aromatic carbocycles. The summed E-state index contributed by atoms with van der Waals surface area (Å²) in [6, 6.07) is 4.13. The maximum absolute atomic E-state index is 12.2. The van der Waals surface area contributed by atoms with Gasteiger partial charge in [0.15, 0.2) is 5.96 Å². The summed E-state index contributed by atoms with van der Waals surface area (Å²) in [4.78, 5) is 8.84. The van der Waals surface area contributed by atoms with Crippen molar-refractivity contribution < 1.29 is 13.2 Å². The van der Waals surface area contributed by atoms with E-state index in [1.807, 2.05) is 18.0 Å². The molecule has 0 amide bonds. The molecule has 1 rings (SSSR count). The van der Waals surface area contributed by atoms with Crippen LogP contribution in [-0.4, -0.2) is 69.3 Å². The summed E-state index contributed by atoms with van der Waals surface area (Å²) in [5.41, 5.74) is 0. The number of guanidine groups is 1. The molecule has 9 heteroatoms. The van der Waals surface area contributed by atoms with Crippen LogP contribution in [0.5, 0.6) is 0 Å². The fourth-order valence-corrected chi connectivity index (χ4v) is 2.86. The van der Waals surface area contributed by atoms with Crippen molar-refractivity contribution >= 4 is 41.3 Å². The van der Waals surface area contributed by atoms with Gasteiger partial charge < -0.3 is 10.2 Å². The number of rotatable bonds is 8. The molecule has 1 aromatic heterocycles. The lowest BCUT2D eigenvalue weighted by Crippen LogP contribution is -2.41. The number of halogens is 4. The highest BCUT2D eigenvalue weighted by molar-refractivity contribution is 14.0. The number of hydrogen-bond acceptors (Lipinski definition) is 3. The molecular formula is C15H26F3IN4S. The minimum absolute atomic E-state index is 0. The zero-order valence-corrected chi connectivity index (χ0v) is 17.4. The van der Waals surface area contributed by atoms with Crippen LogP contribution in [0, 0.1) is 0 Å². The topological polar surface area (TPSA) is 30.9 Å². The van der Waals surface area contributed by atoms with E-state index in [0.29, 0.717) is 19.5 Å². The number of nitrogens with one attached hydrogen (secondary N) is 1. The smallest absolute Gasteiger partial charge is 0.356 e. The third kappa shape index (κ3) is 10.3. The highest BCUT2D eigenvalue weighted by Gasteiger charge is 2.28. The van der Waals surface area contributed by atoms with Gasteiger partial charge in [-0.1, -0.05) is 6.07 Å². The second-order valence-corrected chi connectivity index (χ2v) is 6.46. The second-order valence-electron chi connectivity index (χ2n) is 5.43. The average Bonchev–Trinajstić information content (AvgIpc) is 2.96. The first-order valence-corrected chi connectivity index (χ1v) is 8.39. The minimum Gasteiger partial charge on any atom is -0.356 e. The highest BCUT2D eigenvalue weighted by Crippen LogP contribution is 2.15. The van der Waals surface area contributed by atoms with Crippen molar-refractivity contribution in [2.45, 2.75) is 19.0 Å². The standard InChI is InChI=1S/C15H25F3N4S.HI/c1-19-14(22(3)10-7-13-6-4-11-23-13)20-8-5-9-21(2)12-15(16,17)18;/h4,6,11H,5,7-10,12H2,1-3H3,(H,19,20);1H. The molecule has 1 N–H and O–H groups in total. The van der Waals surface area contributed by atoms with E-state index in [9.17, 15) is 13.2 Å². The number of thiophene rings is 1. The Bertz CT molecular complexity index is 466. The first kappa shape index (κ1) is 23.4. The van der Waals surface area contributed by atoms with Gasteiger partial charge in [-0.05, 0) is 37.9 Å². The number of aliphatic imine (C=N–C) groups is 1. The van der Waals surface area contributed by atoms with Crippen LogP contribution in [0.2, 0.25) is 0 Å². The van der Waals surface area contributed by atoms with E-state index in [0.717, 1.165) is 18.9 Å². The lowest BCUT2D eigenvalue weighted by atomic mass is 10.3. The van der Waals surface area contributed by atoms with Crippen LogP contribution in [0.1, 0.15) is 11.3 Å². The molecule has 0 unspecified atom stereocenters. The lowest BCUT2D eigenvalue weighted by molar-refractivity contribution is -0.143. The van der Waals surface area contributed by atoms with Gasteiger partial charge in [0.2, 0.25) is 0 Å². The van der Waals surface area contributed by atoms with Crippen LogP contribution in [0.4, 0.5) is 13.2 Å². The molecule has 0 atom stereocenters. The molecule has 140 valence electrons. The third-order valence-electron chi connectivity index (χ3n) is 3.30. The van der Waals surface area contributed by atoms with Crippen LogP contribution >= 0.6 is 35.3 Å². The Morgan fingerprint density at radius 2 is 2.00 bits per heavy atom. The lowest BCUT2D eigenvalue weighted by Gasteiger charge is -2.23. The predicted octanol–water partition coefficient (Wildman–Crippen LogP) is 3.30. The molecule has 0 fully saturated rings. The fraction of sp³-hybridized carbons (Fsp3) is 0.667. The zero-order chi connectivity index (χ0) is 17.3. The molecule has 24 heavy (non-hydrogen) atoms. The van der Waals surface area contributed by atoms with Crippen LogP contribution < -0.4 is 5.32 Å². The van der Waals surface area contributed by atoms with Crippen molar-refractivity contribution in [2.24, 2.45) is 4.99 Å². The predicted molar refractivity (Wildman–Crippen MR) is 106 cm³/mol. The van der Waals surface area contributed by atoms with Gasteiger partial charge in [0.05, 0.1) is 6.54 Å². The largest absolute Gasteiger partial charge is 0.401 e. The van der Waals surface area contributed by atoms with Gasteiger partial charge in [0, 0.05) is 32.1 Å². The molecule has 0 spiro atoms. The Hall–Kier alpha value is -0.550. The van der Waals surface area contributed by atoms with Crippen molar-refractivity contribution in [1.82, 2.24) is 15.1 Å². The summed E-state index contributed by atoms with van der Waals surface area (Å²) in [5.74, 6) is 0.764. The maximum atomic E-state index is 12.2. The summed E-state index contributed by atoms with van der Waals surface area (Å²) in [7, 11) is 5.15. The van der Waals surface area contributed by atoms with Crippen molar-refractivity contribution in [2.75, 3.05) is 47.3 Å². The molecule has 0 aliphatic carbocycles. The number of alkyl halides is 3. The molecule has 0 saturated heterocycles. The van der Waals surface area contributed by atoms with E-state index in [1.54, 1.807) is 18.4 Å². The van der Waals surface area contributed by atoms with Crippen LogP contribution in [0.3, 0.4) is 0 Å². The average molecular weight is 478 g/mol. The van der Waals surface area contributed by atoms with E-state index < -0.39 is 12.7 Å². The SMILES string of the molecule is CN=C(NCCCN(C)CC(F)(F)F)N(C)CCc1cccs1.I. The van der Waals surface area contributed by atoms with Gasteiger partial charge in [-0.3, -0.25) is 9.89 Å². The molecule has 4 nitrogen and oxygen atoms in total. The van der Waals surface area contributed by atoms with Gasteiger partial charge in [-0.25, -0.2) is 0 Å². The Labute approximate surface area is 163 Å². The monoisotopic (exact) mass is 478 g/mol. The summed E-state index contributed by atoms with van der Waals surface area (Å²) >= 11 is 1.73. The van der Waals surface area contributed by atoms with E-state index in [2.05, 4.69) is 21.8 Å². The molecule has 1 heterocycles. The number of nitrogens with zero attached hydrogens (tertiary/aromatic N) is 3. The summed E-state index contributed by atoms with van der Waals surface area (Å²) in [6.07, 6.45) is -2.56. The number of likely N-dealkylation sites (N-methyl/N-ethyl adjacent to an activating group) is 1. The molecule has 0 aliphatic rings. The van der Waals surface area contributed by atoms with Crippen molar-refractivity contribution in [3.05, 3.63) is 22.4 Å². The van der Waals surface area contributed by atoms with Crippen LogP contribution in [0.15, 0.2) is 22.5 Å². The molecule has 0 aliphatic heterocycles. The van der Waals surface area contributed by atoms with Crippen molar-refractivity contribution in [3.8, 4) is 0 Å². The van der Waals surface area contributed by atoms with Crippen molar-refractivity contribution in [1.29, 1.82) is 0 Å². The molecule has 1 aromatic rings. The quantitative estimate of drug-likeness (QED) is 0.269. The third-order valence-corrected chi connectivity index (χ3v) is 4.23. The summed E-state index contributed by atoms with van der Waals surface area (Å²) in [5, 5.41) is 5.24. The Kier molecular flexibility index (Phi) is 11.6. The van der Waals surface area contributed by atoms with Gasteiger partial charge in [-0.2, -0.15) is 13.2 Å². The minimum atomic E-state index is -4.14. The van der Waals surface area contributed by atoms with Crippen LogP contribution in [-0.2, 0) is 6.42 Å². The highest BCUT2D eigenvalue weighted by atomic mass is 127. The Morgan fingerprint density at radius 3 is 2.54 bits per heavy atom. The molecular weight excluding hydrogens is 452 g/mol. The second kappa shape index (κ2) is 11.9. The Morgan fingerprint density at radius 1 is 1.29 bits per heavy atom. The van der Waals surface area contributed by atoms with Gasteiger partial charge >= 0.3 is 6.18 Å². The molecule has 0 radical (unpaired) electrons. The summed E-state index contributed by atoms with van der Waals surface area (Å²) < 4.78 is 36.7. The molecule has 0 bridgehead atoms. The normalized spacial score (nSPS) is 12.2. The summed E-state index contributed by atoms with van der Waals surface area (Å²) in [6.45, 7) is 0.956. The van der Waals surface area contributed by atoms with E-state index in [-0.39, 0.29) is 24.0 Å². The first-order chi connectivity index (χ1) is 10.8. The van der Waals surface area contributed by atoms with Gasteiger partial charge in [0.25, 0.3) is 0 Å².